The topological polar surface area (TPSA) is 73.8 Å². The van der Waals surface area contributed by atoms with Crippen LogP contribution in [0.5, 0.6) is 0 Å². The second kappa shape index (κ2) is 8.26. The first-order chi connectivity index (χ1) is 16.0. The predicted octanol–water partition coefficient (Wildman–Crippen LogP) is 3.90. The van der Waals surface area contributed by atoms with Gasteiger partial charge < -0.3 is 5.32 Å². The van der Waals surface area contributed by atoms with Gasteiger partial charge in [-0.1, -0.05) is 72.3 Å². The van der Waals surface area contributed by atoms with E-state index >= 15 is 0 Å². The number of nitrogens with zero attached hydrogens (tertiary/aromatic N) is 4. The summed E-state index contributed by atoms with van der Waals surface area (Å²) in [5.74, 6) is 0.496. The first kappa shape index (κ1) is 21.0. The summed E-state index contributed by atoms with van der Waals surface area (Å²) in [5.41, 5.74) is 1.86. The summed E-state index contributed by atoms with van der Waals surface area (Å²) in [5, 5.41) is 6.18. The number of benzene rings is 3. The summed E-state index contributed by atoms with van der Waals surface area (Å²) >= 11 is 6.33. The molecular weight excluding hydrogens is 438 g/mol. The van der Waals surface area contributed by atoms with Gasteiger partial charge in [-0.2, -0.15) is 4.98 Å². The molecule has 0 fully saturated rings. The summed E-state index contributed by atoms with van der Waals surface area (Å²) in [4.78, 5) is 30.3. The van der Waals surface area contributed by atoms with Crippen molar-refractivity contribution in [2.75, 3.05) is 5.32 Å². The molecule has 0 aliphatic heterocycles. The van der Waals surface area contributed by atoms with Crippen molar-refractivity contribution in [1.82, 2.24) is 18.7 Å². The van der Waals surface area contributed by atoms with Crippen LogP contribution in [0.2, 0.25) is 5.02 Å². The minimum absolute atomic E-state index is 0.338. The van der Waals surface area contributed by atoms with Crippen molar-refractivity contribution in [3.05, 3.63) is 104 Å². The lowest BCUT2D eigenvalue weighted by molar-refractivity contribution is 0.702. The van der Waals surface area contributed by atoms with Gasteiger partial charge >= 0.3 is 5.69 Å². The van der Waals surface area contributed by atoms with Crippen LogP contribution in [0.15, 0.2) is 76.3 Å². The third kappa shape index (κ3) is 3.60. The maximum Gasteiger partial charge on any atom is 0.332 e. The first-order valence-electron chi connectivity index (χ1n) is 10.6. The molecule has 2 aromatic heterocycles. The number of aromatic nitrogens is 4. The highest BCUT2D eigenvalue weighted by Gasteiger charge is 2.20. The third-order valence-corrected chi connectivity index (χ3v) is 6.32. The molecule has 0 radical (unpaired) electrons. The third-order valence-electron chi connectivity index (χ3n) is 5.95. The second-order valence-corrected chi connectivity index (χ2v) is 8.39. The molecule has 2 heterocycles. The van der Waals surface area contributed by atoms with Crippen molar-refractivity contribution in [3.8, 4) is 0 Å². The Bertz CT molecular complexity index is 1630. The SMILES string of the molecule is Cn1c(=O)c2c(nc(NCc3ccccc3Cl)n2Cc2cccc3ccccc23)n(C)c1=O. The summed E-state index contributed by atoms with van der Waals surface area (Å²) in [6.07, 6.45) is 0. The number of halogens is 1. The van der Waals surface area contributed by atoms with Gasteiger partial charge in [-0.25, -0.2) is 4.79 Å². The van der Waals surface area contributed by atoms with Gasteiger partial charge in [-0.05, 0) is 28.0 Å². The standard InChI is InChI=1S/C25H22ClN5O2/c1-29-22-21(23(32)30(2)25(29)33)31(15-18-11-7-10-16-8-3-5-12-19(16)18)24(28-22)27-14-17-9-4-6-13-20(17)26/h3-13H,14-15H2,1-2H3,(H,27,28). The Hall–Kier alpha value is -3.84. The molecule has 1 N–H and O–H groups in total. The van der Waals surface area contributed by atoms with Crippen LogP contribution < -0.4 is 16.6 Å². The van der Waals surface area contributed by atoms with Crippen LogP contribution in [0, 0.1) is 0 Å². The molecule has 5 aromatic rings. The fraction of sp³-hybridized carbons (Fsp3) is 0.160. The second-order valence-electron chi connectivity index (χ2n) is 7.98. The fourth-order valence-electron chi connectivity index (χ4n) is 4.15. The molecule has 0 bridgehead atoms. The lowest BCUT2D eigenvalue weighted by Gasteiger charge is -2.13. The number of nitrogens with one attached hydrogen (secondary N) is 1. The van der Waals surface area contributed by atoms with E-state index in [1.165, 1.54) is 11.6 Å². The average molecular weight is 460 g/mol. The molecule has 5 rings (SSSR count). The zero-order chi connectivity index (χ0) is 23.1. The molecule has 0 saturated carbocycles. The number of aryl methyl sites for hydroxylation is 1. The summed E-state index contributed by atoms with van der Waals surface area (Å²) < 4.78 is 4.36. The van der Waals surface area contributed by atoms with Crippen molar-refractivity contribution in [2.45, 2.75) is 13.1 Å². The van der Waals surface area contributed by atoms with Crippen LogP contribution in [-0.2, 0) is 27.2 Å². The molecule has 7 nitrogen and oxygen atoms in total. The highest BCUT2D eigenvalue weighted by atomic mass is 35.5. The monoisotopic (exact) mass is 459 g/mol. The van der Waals surface area contributed by atoms with E-state index in [0.29, 0.717) is 35.2 Å². The lowest BCUT2D eigenvalue weighted by Crippen LogP contribution is -2.37. The van der Waals surface area contributed by atoms with Gasteiger partial charge in [-0.3, -0.25) is 18.5 Å². The van der Waals surface area contributed by atoms with E-state index in [2.05, 4.69) is 28.5 Å². The van der Waals surface area contributed by atoms with E-state index < -0.39 is 5.69 Å². The molecule has 0 saturated heterocycles. The lowest BCUT2D eigenvalue weighted by atomic mass is 10.0. The zero-order valence-electron chi connectivity index (χ0n) is 18.2. The molecule has 0 atom stereocenters. The van der Waals surface area contributed by atoms with Crippen molar-refractivity contribution >= 4 is 39.5 Å². The van der Waals surface area contributed by atoms with E-state index in [1.807, 2.05) is 53.1 Å². The molecule has 8 heteroatoms. The largest absolute Gasteiger partial charge is 0.351 e. The van der Waals surface area contributed by atoms with Crippen LogP contribution in [0.25, 0.3) is 21.9 Å². The van der Waals surface area contributed by atoms with E-state index in [9.17, 15) is 9.59 Å². The van der Waals surface area contributed by atoms with Crippen molar-refractivity contribution in [2.24, 2.45) is 14.1 Å². The van der Waals surface area contributed by atoms with E-state index in [0.717, 1.165) is 26.5 Å². The van der Waals surface area contributed by atoms with Gasteiger partial charge in [0.1, 0.15) is 0 Å². The van der Waals surface area contributed by atoms with Gasteiger partial charge in [0.15, 0.2) is 11.2 Å². The molecular formula is C25H22ClN5O2. The number of imidazole rings is 1. The number of anilines is 1. The molecule has 0 aliphatic rings. The Balaban J connectivity index is 1.69. The van der Waals surface area contributed by atoms with Crippen LogP contribution in [0.3, 0.4) is 0 Å². The Labute approximate surface area is 194 Å². The Morgan fingerprint density at radius 2 is 1.58 bits per heavy atom. The Morgan fingerprint density at radius 1 is 0.879 bits per heavy atom. The molecule has 0 amide bonds. The number of rotatable bonds is 5. The highest BCUT2D eigenvalue weighted by Crippen LogP contribution is 2.24. The number of fused-ring (bicyclic) bond motifs is 2. The van der Waals surface area contributed by atoms with Crippen molar-refractivity contribution in [3.63, 3.8) is 0 Å². The molecule has 0 aliphatic carbocycles. The minimum atomic E-state index is -0.417. The van der Waals surface area contributed by atoms with Crippen LogP contribution >= 0.6 is 11.6 Å². The first-order valence-corrected chi connectivity index (χ1v) is 10.9. The maximum absolute atomic E-state index is 13.2. The maximum atomic E-state index is 13.2. The molecule has 166 valence electrons. The zero-order valence-corrected chi connectivity index (χ0v) is 19.0. The van der Waals surface area contributed by atoms with Gasteiger partial charge in [0, 0.05) is 25.7 Å². The molecule has 0 unspecified atom stereocenters. The quantitative estimate of drug-likeness (QED) is 0.432. The van der Waals surface area contributed by atoms with Crippen LogP contribution in [0.4, 0.5) is 5.95 Å². The van der Waals surface area contributed by atoms with Crippen molar-refractivity contribution in [1.29, 1.82) is 0 Å². The Kier molecular flexibility index (Phi) is 5.26. The summed E-state index contributed by atoms with van der Waals surface area (Å²) in [6.45, 7) is 0.836. The van der Waals surface area contributed by atoms with Gasteiger partial charge in [0.25, 0.3) is 5.56 Å². The van der Waals surface area contributed by atoms with Gasteiger partial charge in [-0.15, -0.1) is 0 Å². The average Bonchev–Trinajstić information content (AvgIpc) is 3.19. The summed E-state index contributed by atoms with van der Waals surface area (Å²) in [7, 11) is 3.10. The van der Waals surface area contributed by atoms with E-state index in [1.54, 1.807) is 7.05 Å². The Morgan fingerprint density at radius 3 is 2.39 bits per heavy atom. The number of hydrogen-bond acceptors (Lipinski definition) is 4. The van der Waals surface area contributed by atoms with Gasteiger partial charge in [0.05, 0.1) is 6.54 Å². The van der Waals surface area contributed by atoms with E-state index in [4.69, 9.17) is 11.6 Å². The van der Waals surface area contributed by atoms with Crippen LogP contribution in [-0.4, -0.2) is 18.7 Å². The predicted molar refractivity (Wildman–Crippen MR) is 132 cm³/mol. The smallest absolute Gasteiger partial charge is 0.332 e. The molecule has 3 aromatic carbocycles. The van der Waals surface area contributed by atoms with Crippen LogP contribution in [0.1, 0.15) is 11.1 Å². The molecule has 0 spiro atoms. The number of hydrogen-bond donors (Lipinski definition) is 1. The minimum Gasteiger partial charge on any atom is -0.351 e. The van der Waals surface area contributed by atoms with Gasteiger partial charge in [0.2, 0.25) is 5.95 Å². The highest BCUT2D eigenvalue weighted by molar-refractivity contribution is 6.31. The van der Waals surface area contributed by atoms with E-state index in [-0.39, 0.29) is 5.56 Å². The molecule has 33 heavy (non-hydrogen) atoms. The fourth-order valence-corrected chi connectivity index (χ4v) is 4.35. The normalized spacial score (nSPS) is 11.4. The summed E-state index contributed by atoms with van der Waals surface area (Å²) in [6, 6.07) is 21.8. The van der Waals surface area contributed by atoms with Crippen molar-refractivity contribution < 1.29 is 0 Å².